The van der Waals surface area contributed by atoms with E-state index in [0.29, 0.717) is 40.1 Å². The first kappa shape index (κ1) is 21.9. The van der Waals surface area contributed by atoms with Gasteiger partial charge in [-0.25, -0.2) is 9.37 Å². The van der Waals surface area contributed by atoms with Gasteiger partial charge < -0.3 is 15.4 Å². The molecule has 4 N–H and O–H groups in total. The number of aliphatic hydroxyl groups excluding tert-OH is 1. The van der Waals surface area contributed by atoms with E-state index in [9.17, 15) is 9.50 Å². The van der Waals surface area contributed by atoms with Crippen molar-refractivity contribution in [2.75, 3.05) is 5.32 Å². The van der Waals surface area contributed by atoms with Crippen LogP contribution in [-0.2, 0) is 0 Å². The molecule has 1 unspecified atom stereocenters. The zero-order chi connectivity index (χ0) is 24.6. The van der Waals surface area contributed by atoms with Crippen LogP contribution in [0.3, 0.4) is 0 Å². The SMILES string of the molecule is CCC(O)Nc1cncc(-c2ccc3[nH]nc(-c4nc5c(-c6ccccc6F)cncc5[nH]4)c3c2)c1. The predicted octanol–water partition coefficient (Wildman–Crippen LogP) is 5.51. The molecule has 0 amide bonds. The number of anilines is 1. The molecular weight excluding hydrogens is 457 g/mol. The minimum atomic E-state index is -0.637. The predicted molar refractivity (Wildman–Crippen MR) is 138 cm³/mol. The second-order valence-corrected chi connectivity index (χ2v) is 8.51. The number of fused-ring (bicyclic) bond motifs is 2. The molecule has 2 aromatic carbocycles. The Hall–Kier alpha value is -4.63. The third kappa shape index (κ3) is 3.85. The van der Waals surface area contributed by atoms with Crippen LogP contribution in [0, 0.1) is 5.82 Å². The molecule has 9 heteroatoms. The molecule has 0 saturated carbocycles. The summed E-state index contributed by atoms with van der Waals surface area (Å²) in [6, 6.07) is 14.5. The number of nitrogens with one attached hydrogen (secondary N) is 3. The monoisotopic (exact) mass is 479 g/mol. The van der Waals surface area contributed by atoms with Crippen LogP contribution in [0.25, 0.3) is 55.7 Å². The zero-order valence-corrected chi connectivity index (χ0v) is 19.3. The molecule has 8 nitrogen and oxygen atoms in total. The van der Waals surface area contributed by atoms with Crippen molar-refractivity contribution in [3.63, 3.8) is 0 Å². The molecule has 4 heterocycles. The van der Waals surface area contributed by atoms with Gasteiger partial charge in [-0.1, -0.05) is 31.2 Å². The number of halogens is 1. The van der Waals surface area contributed by atoms with Crippen LogP contribution in [0.5, 0.6) is 0 Å². The first-order valence-corrected chi connectivity index (χ1v) is 11.6. The van der Waals surface area contributed by atoms with E-state index in [0.717, 1.165) is 27.7 Å². The largest absolute Gasteiger partial charge is 0.374 e. The molecule has 6 rings (SSSR count). The number of hydrogen-bond acceptors (Lipinski definition) is 6. The van der Waals surface area contributed by atoms with Crippen LogP contribution < -0.4 is 5.32 Å². The molecule has 0 spiro atoms. The van der Waals surface area contributed by atoms with Crippen molar-refractivity contribution in [1.82, 2.24) is 30.1 Å². The van der Waals surface area contributed by atoms with Gasteiger partial charge in [-0.05, 0) is 36.2 Å². The second-order valence-electron chi connectivity index (χ2n) is 8.51. The number of rotatable bonds is 6. The smallest absolute Gasteiger partial charge is 0.159 e. The molecule has 1 atom stereocenters. The van der Waals surface area contributed by atoms with Crippen molar-refractivity contribution < 1.29 is 9.50 Å². The van der Waals surface area contributed by atoms with Gasteiger partial charge >= 0.3 is 0 Å². The second kappa shape index (κ2) is 8.86. The maximum Gasteiger partial charge on any atom is 0.159 e. The van der Waals surface area contributed by atoms with Crippen LogP contribution in [-0.4, -0.2) is 41.5 Å². The van der Waals surface area contributed by atoms with E-state index < -0.39 is 6.23 Å². The lowest BCUT2D eigenvalue weighted by Gasteiger charge is -2.12. The van der Waals surface area contributed by atoms with E-state index in [2.05, 4.69) is 30.5 Å². The number of aliphatic hydroxyl groups is 1. The van der Waals surface area contributed by atoms with Crippen LogP contribution in [0.4, 0.5) is 10.1 Å². The van der Waals surface area contributed by atoms with E-state index in [-0.39, 0.29) is 5.82 Å². The summed E-state index contributed by atoms with van der Waals surface area (Å²) in [7, 11) is 0. The highest BCUT2D eigenvalue weighted by molar-refractivity contribution is 5.98. The van der Waals surface area contributed by atoms with Gasteiger partial charge in [0.2, 0.25) is 0 Å². The standard InChI is InChI=1S/C27H22FN7O/c1-2-24(36)31-17-9-16(11-29-12-17)15-7-8-22-19(10-15)26(35-34-22)27-32-23-14-30-13-20(25(23)33-27)18-5-3-4-6-21(18)28/h3-14,24,31,36H,2H2,1H3,(H,32,33)(H,34,35). The van der Waals surface area contributed by atoms with Gasteiger partial charge in [-0.2, -0.15) is 5.10 Å². The highest BCUT2D eigenvalue weighted by atomic mass is 19.1. The maximum atomic E-state index is 14.5. The fourth-order valence-electron chi connectivity index (χ4n) is 4.27. The van der Waals surface area contributed by atoms with Crippen molar-refractivity contribution >= 4 is 27.6 Å². The Bertz CT molecular complexity index is 1710. The summed E-state index contributed by atoms with van der Waals surface area (Å²) in [6.45, 7) is 1.90. The lowest BCUT2D eigenvalue weighted by Crippen LogP contribution is -2.16. The molecule has 0 fully saturated rings. The van der Waals surface area contributed by atoms with Gasteiger partial charge in [-0.3, -0.25) is 15.1 Å². The van der Waals surface area contributed by atoms with Gasteiger partial charge in [-0.15, -0.1) is 0 Å². The number of aromatic amines is 2. The Labute approximate surface area is 205 Å². The summed E-state index contributed by atoms with van der Waals surface area (Å²) in [5.74, 6) is 0.224. The van der Waals surface area contributed by atoms with Crippen LogP contribution in [0.15, 0.2) is 73.3 Å². The topological polar surface area (TPSA) is 115 Å². The third-order valence-electron chi connectivity index (χ3n) is 6.14. The Kier molecular flexibility index (Phi) is 5.38. The van der Waals surface area contributed by atoms with Crippen LogP contribution in [0.1, 0.15) is 13.3 Å². The molecule has 0 aliphatic rings. The quantitative estimate of drug-likeness (QED) is 0.234. The van der Waals surface area contributed by atoms with Crippen molar-refractivity contribution in [3.8, 4) is 33.8 Å². The normalized spacial score (nSPS) is 12.3. The minimum absolute atomic E-state index is 0.331. The van der Waals surface area contributed by atoms with E-state index in [1.54, 1.807) is 43.0 Å². The molecule has 0 aliphatic carbocycles. The van der Waals surface area contributed by atoms with Crippen molar-refractivity contribution in [2.45, 2.75) is 19.6 Å². The Balaban J connectivity index is 1.43. The summed E-state index contributed by atoms with van der Waals surface area (Å²) < 4.78 is 14.5. The van der Waals surface area contributed by atoms with Crippen LogP contribution >= 0.6 is 0 Å². The van der Waals surface area contributed by atoms with Crippen molar-refractivity contribution in [2.24, 2.45) is 0 Å². The van der Waals surface area contributed by atoms with Gasteiger partial charge in [0.25, 0.3) is 0 Å². The average Bonchev–Trinajstić information content (AvgIpc) is 3.52. The van der Waals surface area contributed by atoms with Crippen molar-refractivity contribution in [1.29, 1.82) is 0 Å². The number of nitrogens with zero attached hydrogens (tertiary/aromatic N) is 4. The molecule has 0 radical (unpaired) electrons. The number of imidazole rings is 1. The lowest BCUT2D eigenvalue weighted by atomic mass is 10.0. The molecule has 0 saturated heterocycles. The summed E-state index contributed by atoms with van der Waals surface area (Å²) >= 11 is 0. The summed E-state index contributed by atoms with van der Waals surface area (Å²) in [6.07, 6.45) is 6.70. The molecule has 6 aromatic rings. The highest BCUT2D eigenvalue weighted by Gasteiger charge is 2.17. The minimum Gasteiger partial charge on any atom is -0.374 e. The molecule has 0 bridgehead atoms. The van der Waals surface area contributed by atoms with E-state index in [1.165, 1.54) is 6.07 Å². The summed E-state index contributed by atoms with van der Waals surface area (Å²) in [5, 5.41) is 21.4. The fraction of sp³-hybridized carbons (Fsp3) is 0.111. The number of aromatic nitrogens is 6. The van der Waals surface area contributed by atoms with E-state index >= 15 is 0 Å². The average molecular weight is 480 g/mol. The first-order chi connectivity index (χ1) is 17.6. The Morgan fingerprint density at radius 3 is 2.67 bits per heavy atom. The number of pyridine rings is 2. The Morgan fingerprint density at radius 1 is 0.944 bits per heavy atom. The molecular formula is C27H22FN7O. The highest BCUT2D eigenvalue weighted by Crippen LogP contribution is 2.33. The van der Waals surface area contributed by atoms with E-state index in [4.69, 9.17) is 4.98 Å². The molecule has 178 valence electrons. The van der Waals surface area contributed by atoms with Gasteiger partial charge in [0.05, 0.1) is 29.1 Å². The number of H-pyrrole nitrogens is 2. The molecule has 4 aromatic heterocycles. The van der Waals surface area contributed by atoms with Gasteiger partial charge in [0.1, 0.15) is 23.3 Å². The number of benzene rings is 2. The van der Waals surface area contributed by atoms with Crippen molar-refractivity contribution in [3.05, 3.63) is 79.1 Å². The van der Waals surface area contributed by atoms with Gasteiger partial charge in [0, 0.05) is 34.5 Å². The zero-order valence-electron chi connectivity index (χ0n) is 19.3. The third-order valence-corrected chi connectivity index (χ3v) is 6.14. The maximum absolute atomic E-state index is 14.5. The number of hydrogen-bond donors (Lipinski definition) is 4. The van der Waals surface area contributed by atoms with E-state index in [1.807, 2.05) is 31.2 Å². The lowest BCUT2D eigenvalue weighted by molar-refractivity contribution is 0.199. The molecule has 36 heavy (non-hydrogen) atoms. The Morgan fingerprint density at radius 2 is 1.81 bits per heavy atom. The fourth-order valence-corrected chi connectivity index (χ4v) is 4.27. The first-order valence-electron chi connectivity index (χ1n) is 11.6. The molecule has 0 aliphatic heterocycles. The van der Waals surface area contributed by atoms with Gasteiger partial charge in [0.15, 0.2) is 5.82 Å². The summed E-state index contributed by atoms with van der Waals surface area (Å²) in [5.41, 5.74) is 6.43. The summed E-state index contributed by atoms with van der Waals surface area (Å²) in [4.78, 5) is 16.7. The van der Waals surface area contributed by atoms with Crippen LogP contribution in [0.2, 0.25) is 0 Å².